The molecule has 0 aromatic carbocycles. The van der Waals surface area contributed by atoms with Gasteiger partial charge in [-0.25, -0.2) is 0 Å². The van der Waals surface area contributed by atoms with Crippen molar-refractivity contribution in [1.82, 2.24) is 15.1 Å². The quantitative estimate of drug-likeness (QED) is 0.750. The number of carboxylic acids is 1. The van der Waals surface area contributed by atoms with Crippen molar-refractivity contribution in [3.05, 3.63) is 0 Å². The zero-order chi connectivity index (χ0) is 14.7. The number of rotatable bonds is 6. The summed E-state index contributed by atoms with van der Waals surface area (Å²) in [6, 6.07) is 0. The maximum atomic E-state index is 11.5. The van der Waals surface area contributed by atoms with Crippen LogP contribution in [-0.2, 0) is 4.79 Å². The van der Waals surface area contributed by atoms with Crippen LogP contribution in [0.25, 0.3) is 0 Å². The molecule has 0 amide bonds. The minimum atomic E-state index is -0.859. The summed E-state index contributed by atoms with van der Waals surface area (Å²) in [5.41, 5.74) is -0.760. The average molecular weight is 271 g/mol. The van der Waals surface area contributed by atoms with Crippen LogP contribution < -0.4 is 5.32 Å². The van der Waals surface area contributed by atoms with E-state index in [2.05, 4.69) is 36.0 Å². The number of aliphatic carboxylic acids is 1. The van der Waals surface area contributed by atoms with Crippen molar-refractivity contribution in [2.75, 3.05) is 39.8 Å². The van der Waals surface area contributed by atoms with Crippen LogP contribution in [0.4, 0.5) is 0 Å². The van der Waals surface area contributed by atoms with Crippen molar-refractivity contribution < 1.29 is 9.90 Å². The van der Waals surface area contributed by atoms with Crippen LogP contribution in [0.15, 0.2) is 0 Å². The predicted molar refractivity (Wildman–Crippen MR) is 77.5 cm³/mol. The van der Waals surface area contributed by atoms with Crippen LogP contribution in [0, 0.1) is 0 Å². The largest absolute Gasteiger partial charge is 0.480 e. The highest BCUT2D eigenvalue weighted by Crippen LogP contribution is 2.20. The summed E-state index contributed by atoms with van der Waals surface area (Å²) in [5, 5.41) is 12.6. The first-order chi connectivity index (χ1) is 8.71. The van der Waals surface area contributed by atoms with Crippen LogP contribution >= 0.6 is 0 Å². The zero-order valence-electron chi connectivity index (χ0n) is 13.0. The van der Waals surface area contributed by atoms with Crippen molar-refractivity contribution in [2.45, 2.75) is 45.2 Å². The third-order valence-electron chi connectivity index (χ3n) is 4.17. The fourth-order valence-corrected chi connectivity index (χ4v) is 2.52. The highest BCUT2D eigenvalue weighted by Gasteiger charge is 2.38. The summed E-state index contributed by atoms with van der Waals surface area (Å²) < 4.78 is 0. The van der Waals surface area contributed by atoms with E-state index in [0.717, 1.165) is 32.6 Å². The van der Waals surface area contributed by atoms with E-state index >= 15 is 0 Å². The summed E-state index contributed by atoms with van der Waals surface area (Å²) in [6.45, 7) is 12.4. The van der Waals surface area contributed by atoms with E-state index in [4.69, 9.17) is 0 Å². The minimum absolute atomic E-state index is 0.0996. The van der Waals surface area contributed by atoms with Crippen LogP contribution in [0.3, 0.4) is 0 Å². The lowest BCUT2D eigenvalue weighted by atomic mass is 9.96. The van der Waals surface area contributed by atoms with E-state index in [1.54, 1.807) is 6.92 Å². The molecular formula is C14H29N3O2. The second-order valence-corrected chi connectivity index (χ2v) is 6.51. The van der Waals surface area contributed by atoms with E-state index in [1.807, 2.05) is 6.92 Å². The number of nitrogens with zero attached hydrogens (tertiary/aromatic N) is 2. The Labute approximate surface area is 117 Å². The Morgan fingerprint density at radius 2 is 2.05 bits per heavy atom. The molecule has 0 radical (unpaired) electrons. The Morgan fingerprint density at radius 3 is 2.53 bits per heavy atom. The predicted octanol–water partition coefficient (Wildman–Crippen LogP) is 0.855. The second-order valence-electron chi connectivity index (χ2n) is 6.51. The lowest BCUT2D eigenvalue weighted by Crippen LogP contribution is -2.63. The molecule has 5 heteroatoms. The van der Waals surface area contributed by atoms with Gasteiger partial charge in [-0.05, 0) is 40.8 Å². The van der Waals surface area contributed by atoms with Gasteiger partial charge in [0, 0.05) is 31.7 Å². The summed E-state index contributed by atoms with van der Waals surface area (Å²) >= 11 is 0. The third kappa shape index (κ3) is 4.16. The van der Waals surface area contributed by atoms with Gasteiger partial charge in [-0.3, -0.25) is 14.6 Å². The number of carboxylic acid groups (broad SMARTS) is 1. The number of likely N-dealkylation sites (N-methyl/N-ethyl adjacent to an activating group) is 1. The maximum Gasteiger partial charge on any atom is 0.324 e. The van der Waals surface area contributed by atoms with Gasteiger partial charge >= 0.3 is 5.97 Å². The Balaban J connectivity index is 2.67. The maximum absolute atomic E-state index is 11.5. The molecule has 0 spiro atoms. The molecular weight excluding hydrogens is 242 g/mol. The third-order valence-corrected chi connectivity index (χ3v) is 4.17. The van der Waals surface area contributed by atoms with E-state index < -0.39 is 11.5 Å². The number of carbonyl (C=O) groups is 1. The Hall–Kier alpha value is -0.650. The van der Waals surface area contributed by atoms with Gasteiger partial charge in [0.1, 0.15) is 5.54 Å². The molecule has 1 saturated heterocycles. The molecule has 1 aliphatic rings. The summed E-state index contributed by atoms with van der Waals surface area (Å²) in [6.07, 6.45) is 0.942. The smallest absolute Gasteiger partial charge is 0.324 e. The van der Waals surface area contributed by atoms with Gasteiger partial charge in [-0.2, -0.15) is 0 Å². The first kappa shape index (κ1) is 16.4. The molecule has 1 heterocycles. The van der Waals surface area contributed by atoms with E-state index in [-0.39, 0.29) is 5.54 Å². The standard InChI is InChI=1S/C14H29N3O2/c1-6-7-15-14(4,12(18)19)11-17-9-8-16(5)13(2,3)10-17/h15H,6-11H2,1-5H3,(H,18,19). The van der Waals surface area contributed by atoms with Crippen LogP contribution in [0.2, 0.25) is 0 Å². The molecule has 2 N–H and O–H groups in total. The fourth-order valence-electron chi connectivity index (χ4n) is 2.52. The Bertz CT molecular complexity index is 320. The lowest BCUT2D eigenvalue weighted by Gasteiger charge is -2.47. The zero-order valence-corrected chi connectivity index (χ0v) is 13.0. The molecule has 1 aliphatic heterocycles. The van der Waals surface area contributed by atoms with Crippen LogP contribution in [0.5, 0.6) is 0 Å². The average Bonchev–Trinajstić information content (AvgIpc) is 2.31. The van der Waals surface area contributed by atoms with Gasteiger partial charge in [0.05, 0.1) is 0 Å². The molecule has 19 heavy (non-hydrogen) atoms. The van der Waals surface area contributed by atoms with Gasteiger partial charge in [0.2, 0.25) is 0 Å². The van der Waals surface area contributed by atoms with Crippen LogP contribution in [-0.4, -0.2) is 71.7 Å². The van der Waals surface area contributed by atoms with E-state index in [0.29, 0.717) is 6.54 Å². The van der Waals surface area contributed by atoms with Crippen molar-refractivity contribution in [1.29, 1.82) is 0 Å². The van der Waals surface area contributed by atoms with Gasteiger partial charge in [-0.1, -0.05) is 6.92 Å². The van der Waals surface area contributed by atoms with Crippen molar-refractivity contribution in [2.24, 2.45) is 0 Å². The number of hydrogen-bond acceptors (Lipinski definition) is 4. The Kier molecular flexibility index (Phi) is 5.35. The van der Waals surface area contributed by atoms with E-state index in [9.17, 15) is 9.90 Å². The molecule has 1 atom stereocenters. The minimum Gasteiger partial charge on any atom is -0.480 e. The molecule has 1 rings (SSSR count). The van der Waals surface area contributed by atoms with Gasteiger partial charge in [-0.15, -0.1) is 0 Å². The van der Waals surface area contributed by atoms with Crippen molar-refractivity contribution >= 4 is 5.97 Å². The van der Waals surface area contributed by atoms with Crippen molar-refractivity contribution in [3.8, 4) is 0 Å². The molecule has 1 fully saturated rings. The molecule has 0 aromatic heterocycles. The highest BCUT2D eigenvalue weighted by molar-refractivity contribution is 5.78. The van der Waals surface area contributed by atoms with Crippen LogP contribution in [0.1, 0.15) is 34.1 Å². The topological polar surface area (TPSA) is 55.8 Å². The van der Waals surface area contributed by atoms with E-state index in [1.165, 1.54) is 0 Å². The molecule has 0 aromatic rings. The molecule has 112 valence electrons. The number of piperazine rings is 1. The Morgan fingerprint density at radius 1 is 1.42 bits per heavy atom. The number of nitrogens with one attached hydrogen (secondary N) is 1. The number of hydrogen-bond donors (Lipinski definition) is 2. The highest BCUT2D eigenvalue weighted by atomic mass is 16.4. The normalized spacial score (nSPS) is 24.1. The first-order valence-corrected chi connectivity index (χ1v) is 7.13. The lowest BCUT2D eigenvalue weighted by molar-refractivity contribution is -0.145. The molecule has 0 saturated carbocycles. The second kappa shape index (κ2) is 6.20. The molecule has 5 nitrogen and oxygen atoms in total. The van der Waals surface area contributed by atoms with Crippen molar-refractivity contribution in [3.63, 3.8) is 0 Å². The fraction of sp³-hybridized carbons (Fsp3) is 0.929. The first-order valence-electron chi connectivity index (χ1n) is 7.13. The molecule has 0 bridgehead atoms. The van der Waals surface area contributed by atoms with Gasteiger partial charge in [0.15, 0.2) is 0 Å². The summed E-state index contributed by atoms with van der Waals surface area (Å²) in [4.78, 5) is 16.1. The summed E-state index contributed by atoms with van der Waals surface area (Å²) in [5.74, 6) is -0.766. The summed E-state index contributed by atoms with van der Waals surface area (Å²) in [7, 11) is 2.13. The van der Waals surface area contributed by atoms with Gasteiger partial charge < -0.3 is 10.4 Å². The monoisotopic (exact) mass is 271 g/mol. The SMILES string of the molecule is CCCNC(C)(CN1CCN(C)C(C)(C)C1)C(=O)O. The van der Waals surface area contributed by atoms with Gasteiger partial charge in [0.25, 0.3) is 0 Å². The molecule has 0 aliphatic carbocycles. The molecule has 1 unspecified atom stereocenters.